The first kappa shape index (κ1) is 18.1. The number of benzene rings is 1. The Kier molecular flexibility index (Phi) is 5.68. The summed E-state index contributed by atoms with van der Waals surface area (Å²) in [4.78, 5) is 37.6. The maximum Gasteiger partial charge on any atom is 0.335 e. The molecule has 2 amide bonds. The van der Waals surface area contributed by atoms with Crippen molar-refractivity contribution in [3.8, 4) is 0 Å². The Morgan fingerprint density at radius 3 is 2.54 bits per heavy atom. The summed E-state index contributed by atoms with van der Waals surface area (Å²) in [5, 5.41) is 15.9. The Morgan fingerprint density at radius 1 is 1.15 bits per heavy atom. The first-order valence-electron chi connectivity index (χ1n) is 8.46. The van der Waals surface area contributed by atoms with Gasteiger partial charge in [0.15, 0.2) is 0 Å². The topological polar surface area (TPSA) is 86.7 Å². The van der Waals surface area contributed by atoms with Crippen LogP contribution in [0.3, 0.4) is 0 Å². The number of nitrogens with one attached hydrogen (secondary N) is 1. The number of hydrogen-bond donors (Lipinski definition) is 2. The summed E-state index contributed by atoms with van der Waals surface area (Å²) in [6.07, 6.45) is 1.47. The average Bonchev–Trinajstić information content (AvgIpc) is 3.17. The minimum absolute atomic E-state index is 0.0535. The highest BCUT2D eigenvalue weighted by molar-refractivity contribution is 7.08. The smallest absolute Gasteiger partial charge is 0.335 e. The Morgan fingerprint density at radius 2 is 1.88 bits per heavy atom. The normalized spacial score (nSPS) is 14.8. The van der Waals surface area contributed by atoms with E-state index in [0.29, 0.717) is 37.1 Å². The van der Waals surface area contributed by atoms with Crippen LogP contribution in [0.15, 0.2) is 41.1 Å². The molecule has 0 radical (unpaired) electrons. The highest BCUT2D eigenvalue weighted by atomic mass is 32.1. The van der Waals surface area contributed by atoms with E-state index in [1.165, 1.54) is 17.4 Å². The number of likely N-dealkylation sites (tertiary alicyclic amines) is 1. The molecule has 1 saturated heterocycles. The number of rotatable bonds is 5. The molecule has 2 heterocycles. The van der Waals surface area contributed by atoms with Crippen molar-refractivity contribution < 1.29 is 19.5 Å². The molecule has 1 aromatic heterocycles. The van der Waals surface area contributed by atoms with E-state index in [1.807, 2.05) is 10.8 Å². The fraction of sp³-hybridized carbons (Fsp3) is 0.316. The average molecular weight is 372 g/mol. The van der Waals surface area contributed by atoms with Gasteiger partial charge < -0.3 is 15.3 Å². The summed E-state index contributed by atoms with van der Waals surface area (Å²) in [5.41, 5.74) is 1.36. The molecule has 0 unspecified atom stereocenters. The predicted molar refractivity (Wildman–Crippen MR) is 98.5 cm³/mol. The summed E-state index contributed by atoms with van der Waals surface area (Å²) in [7, 11) is 0. The minimum atomic E-state index is -1.02. The first-order chi connectivity index (χ1) is 12.5. The number of carboxylic acids is 1. The van der Waals surface area contributed by atoms with Crippen molar-refractivity contribution in [2.45, 2.75) is 25.3 Å². The number of thiophene rings is 1. The number of hydrogen-bond acceptors (Lipinski definition) is 4. The van der Waals surface area contributed by atoms with E-state index in [4.69, 9.17) is 0 Å². The number of carboxylic acid groups (broad SMARTS) is 1. The first-order valence-corrected chi connectivity index (χ1v) is 9.41. The molecule has 0 aliphatic carbocycles. The lowest BCUT2D eigenvalue weighted by atomic mass is 10.0. The van der Waals surface area contributed by atoms with E-state index in [-0.39, 0.29) is 29.8 Å². The van der Waals surface area contributed by atoms with Gasteiger partial charge in [-0.3, -0.25) is 9.59 Å². The van der Waals surface area contributed by atoms with E-state index in [0.717, 1.165) is 0 Å². The molecule has 7 heteroatoms. The maximum atomic E-state index is 12.5. The molecule has 1 fully saturated rings. The van der Waals surface area contributed by atoms with Crippen LogP contribution in [0, 0.1) is 0 Å². The lowest BCUT2D eigenvalue weighted by Crippen LogP contribution is -2.47. The Labute approximate surface area is 155 Å². The third-order valence-corrected chi connectivity index (χ3v) is 5.24. The third kappa shape index (κ3) is 4.29. The molecule has 6 nitrogen and oxygen atoms in total. The number of nitrogens with zero attached hydrogens (tertiary/aromatic N) is 1. The minimum Gasteiger partial charge on any atom is -0.478 e. The van der Waals surface area contributed by atoms with Gasteiger partial charge in [0.1, 0.15) is 0 Å². The van der Waals surface area contributed by atoms with Crippen molar-refractivity contribution in [1.82, 2.24) is 10.2 Å². The Bertz CT molecular complexity index is 796. The zero-order chi connectivity index (χ0) is 18.5. The van der Waals surface area contributed by atoms with Crippen LogP contribution in [-0.4, -0.2) is 46.9 Å². The van der Waals surface area contributed by atoms with Gasteiger partial charge in [-0.15, -0.1) is 0 Å². The van der Waals surface area contributed by atoms with Crippen molar-refractivity contribution in [3.63, 3.8) is 0 Å². The molecule has 1 aromatic carbocycles. The lowest BCUT2D eigenvalue weighted by Gasteiger charge is -2.32. The zero-order valence-corrected chi connectivity index (χ0v) is 15.0. The second-order valence-corrected chi connectivity index (χ2v) is 7.06. The summed E-state index contributed by atoms with van der Waals surface area (Å²) in [5.74, 6) is -1.18. The van der Waals surface area contributed by atoms with Gasteiger partial charge in [0.25, 0.3) is 5.91 Å². The summed E-state index contributed by atoms with van der Waals surface area (Å²) < 4.78 is 0. The van der Waals surface area contributed by atoms with Crippen LogP contribution in [0.5, 0.6) is 0 Å². The van der Waals surface area contributed by atoms with E-state index in [2.05, 4.69) is 5.32 Å². The van der Waals surface area contributed by atoms with Crippen LogP contribution in [0.25, 0.3) is 0 Å². The van der Waals surface area contributed by atoms with Crippen LogP contribution in [0.2, 0.25) is 0 Å². The molecule has 1 aliphatic heterocycles. The van der Waals surface area contributed by atoms with Gasteiger partial charge in [-0.1, -0.05) is 18.2 Å². The monoisotopic (exact) mass is 372 g/mol. The van der Waals surface area contributed by atoms with Gasteiger partial charge in [0, 0.05) is 30.1 Å². The van der Waals surface area contributed by atoms with Crippen molar-refractivity contribution >= 4 is 29.1 Å². The molecule has 26 heavy (non-hydrogen) atoms. The van der Waals surface area contributed by atoms with Gasteiger partial charge in [-0.25, -0.2) is 4.79 Å². The number of amides is 2. The van der Waals surface area contributed by atoms with Gasteiger partial charge in [-0.05, 0) is 35.9 Å². The largest absolute Gasteiger partial charge is 0.478 e. The van der Waals surface area contributed by atoms with Crippen LogP contribution in [0.1, 0.15) is 39.1 Å². The van der Waals surface area contributed by atoms with Gasteiger partial charge in [0.2, 0.25) is 5.91 Å². The highest BCUT2D eigenvalue weighted by Crippen LogP contribution is 2.16. The van der Waals surface area contributed by atoms with Crippen molar-refractivity contribution in [1.29, 1.82) is 0 Å². The third-order valence-electron chi connectivity index (χ3n) is 4.56. The molecule has 1 aliphatic rings. The molecular weight excluding hydrogens is 352 g/mol. The Balaban J connectivity index is 1.52. The summed E-state index contributed by atoms with van der Waals surface area (Å²) >= 11 is 1.48. The predicted octanol–water partition coefficient (Wildman–Crippen LogP) is 2.41. The van der Waals surface area contributed by atoms with Crippen LogP contribution in [-0.2, 0) is 11.2 Å². The van der Waals surface area contributed by atoms with E-state index < -0.39 is 5.97 Å². The molecule has 0 bridgehead atoms. The van der Waals surface area contributed by atoms with Crippen LogP contribution >= 0.6 is 11.3 Å². The molecule has 3 rings (SSSR count). The van der Waals surface area contributed by atoms with Gasteiger partial charge in [0.05, 0.1) is 12.0 Å². The fourth-order valence-corrected chi connectivity index (χ4v) is 3.73. The molecule has 0 spiro atoms. The lowest BCUT2D eigenvalue weighted by molar-refractivity contribution is -0.131. The molecule has 2 N–H and O–H groups in total. The van der Waals surface area contributed by atoms with Gasteiger partial charge >= 0.3 is 5.97 Å². The van der Waals surface area contributed by atoms with E-state index >= 15 is 0 Å². The van der Waals surface area contributed by atoms with Crippen molar-refractivity contribution in [3.05, 3.63) is 57.8 Å². The highest BCUT2D eigenvalue weighted by Gasteiger charge is 2.25. The SMILES string of the molecule is O=C(NC1CCN(C(=O)Cc2ccccc2C(=O)O)CC1)c1ccsc1. The fourth-order valence-electron chi connectivity index (χ4n) is 3.09. The summed E-state index contributed by atoms with van der Waals surface area (Å²) in [6.45, 7) is 1.12. The quantitative estimate of drug-likeness (QED) is 0.844. The molecular formula is C19H20N2O4S. The molecule has 0 saturated carbocycles. The van der Waals surface area contributed by atoms with E-state index in [1.54, 1.807) is 29.2 Å². The number of carbonyl (C=O) groups is 3. The summed E-state index contributed by atoms with van der Waals surface area (Å²) in [6, 6.07) is 8.42. The number of aromatic carboxylic acids is 1. The van der Waals surface area contributed by atoms with Crippen LogP contribution < -0.4 is 5.32 Å². The van der Waals surface area contributed by atoms with Crippen LogP contribution in [0.4, 0.5) is 0 Å². The second kappa shape index (κ2) is 8.14. The van der Waals surface area contributed by atoms with E-state index in [9.17, 15) is 19.5 Å². The van der Waals surface area contributed by atoms with Gasteiger partial charge in [-0.2, -0.15) is 11.3 Å². The van der Waals surface area contributed by atoms with Crippen molar-refractivity contribution in [2.75, 3.05) is 13.1 Å². The standard InChI is InChI=1S/C19H20N2O4S/c22-17(11-13-3-1-2-4-16(13)19(24)25)21-8-5-15(6-9-21)20-18(23)14-7-10-26-12-14/h1-4,7,10,12,15H,5-6,8-9,11H2,(H,20,23)(H,24,25). The zero-order valence-electron chi connectivity index (χ0n) is 14.2. The second-order valence-electron chi connectivity index (χ2n) is 6.28. The maximum absolute atomic E-state index is 12.5. The molecule has 136 valence electrons. The molecule has 2 aromatic rings. The number of carbonyl (C=O) groups excluding carboxylic acids is 2. The molecule has 0 atom stereocenters. The number of piperidine rings is 1. The van der Waals surface area contributed by atoms with Crippen molar-refractivity contribution in [2.24, 2.45) is 0 Å². The Hall–Kier alpha value is -2.67.